The van der Waals surface area contributed by atoms with Crippen LogP contribution in [0.3, 0.4) is 0 Å². The van der Waals surface area contributed by atoms with E-state index < -0.39 is 4.92 Å². The van der Waals surface area contributed by atoms with Gasteiger partial charge in [0.25, 0.3) is 11.6 Å². The molecule has 1 atom stereocenters. The molecule has 2 rings (SSSR count). The molecule has 5 nitrogen and oxygen atoms in total. The van der Waals surface area contributed by atoms with Gasteiger partial charge < -0.3 is 5.32 Å². The molecule has 0 spiro atoms. The number of halogens is 1. The molecule has 1 amide bonds. The maximum absolute atomic E-state index is 12.0. The minimum atomic E-state index is -0.536. The smallest absolute Gasteiger partial charge is 0.270 e. The van der Waals surface area contributed by atoms with E-state index in [-0.39, 0.29) is 28.2 Å². The maximum atomic E-state index is 12.0. The van der Waals surface area contributed by atoms with Crippen LogP contribution in [0, 0.1) is 10.1 Å². The van der Waals surface area contributed by atoms with Crippen LogP contribution in [0.15, 0.2) is 18.2 Å². The van der Waals surface area contributed by atoms with E-state index in [1.54, 1.807) is 0 Å². The van der Waals surface area contributed by atoms with E-state index in [1.807, 2.05) is 11.8 Å². The molecule has 0 aromatic heterocycles. The third-order valence-electron chi connectivity index (χ3n) is 2.90. The number of nitrogens with zero attached hydrogens (tertiary/aromatic N) is 1. The van der Waals surface area contributed by atoms with Crippen LogP contribution in [0.5, 0.6) is 0 Å². The third kappa shape index (κ3) is 3.61. The highest BCUT2D eigenvalue weighted by atomic mass is 35.5. The van der Waals surface area contributed by atoms with E-state index in [4.69, 9.17) is 11.6 Å². The fourth-order valence-electron chi connectivity index (χ4n) is 1.92. The Bertz CT molecular complexity index is 504. The zero-order valence-corrected chi connectivity index (χ0v) is 11.7. The van der Waals surface area contributed by atoms with Crippen molar-refractivity contribution >= 4 is 35.0 Å². The van der Waals surface area contributed by atoms with Crippen LogP contribution >= 0.6 is 23.4 Å². The van der Waals surface area contributed by atoms with Crippen molar-refractivity contribution < 1.29 is 9.72 Å². The fourth-order valence-corrected chi connectivity index (χ4v) is 3.25. The molecule has 1 unspecified atom stereocenters. The van der Waals surface area contributed by atoms with Gasteiger partial charge in [0.05, 0.1) is 15.5 Å². The van der Waals surface area contributed by atoms with Gasteiger partial charge in [-0.2, -0.15) is 11.8 Å². The number of rotatable bonds is 3. The van der Waals surface area contributed by atoms with E-state index >= 15 is 0 Å². The fraction of sp³-hybridized carbons (Fsp3) is 0.417. The number of thioether (sulfide) groups is 1. The Morgan fingerprint density at radius 1 is 1.53 bits per heavy atom. The highest BCUT2D eigenvalue weighted by molar-refractivity contribution is 7.99. The standard InChI is InChI=1S/C12H13ClN2O3S/c13-11-6-9(15(17)18)3-4-10(11)12(16)14-8-2-1-5-19-7-8/h3-4,6,8H,1-2,5,7H2,(H,14,16). The van der Waals surface area contributed by atoms with Crippen molar-refractivity contribution in [1.82, 2.24) is 5.32 Å². The number of non-ortho nitro benzene ring substituents is 1. The van der Waals surface area contributed by atoms with Crippen LogP contribution in [0.4, 0.5) is 5.69 Å². The van der Waals surface area contributed by atoms with Gasteiger partial charge in [-0.05, 0) is 24.7 Å². The van der Waals surface area contributed by atoms with Crippen LogP contribution in [-0.4, -0.2) is 28.4 Å². The molecule has 0 aliphatic carbocycles. The number of hydrogen-bond donors (Lipinski definition) is 1. The van der Waals surface area contributed by atoms with Gasteiger partial charge in [0.15, 0.2) is 0 Å². The molecule has 19 heavy (non-hydrogen) atoms. The second kappa shape index (κ2) is 6.25. The van der Waals surface area contributed by atoms with E-state index in [2.05, 4.69) is 5.32 Å². The van der Waals surface area contributed by atoms with Gasteiger partial charge in [-0.3, -0.25) is 14.9 Å². The second-order valence-corrected chi connectivity index (χ2v) is 5.87. The van der Waals surface area contributed by atoms with Crippen molar-refractivity contribution in [3.63, 3.8) is 0 Å². The van der Waals surface area contributed by atoms with Crippen LogP contribution < -0.4 is 5.32 Å². The largest absolute Gasteiger partial charge is 0.348 e. The Labute approximate surface area is 119 Å². The topological polar surface area (TPSA) is 72.2 Å². The maximum Gasteiger partial charge on any atom is 0.270 e. The summed E-state index contributed by atoms with van der Waals surface area (Å²) in [6.45, 7) is 0. The van der Waals surface area contributed by atoms with Crippen molar-refractivity contribution in [3.8, 4) is 0 Å². The molecular formula is C12H13ClN2O3S. The molecule has 1 aromatic carbocycles. The molecule has 1 aromatic rings. The van der Waals surface area contributed by atoms with Gasteiger partial charge in [0, 0.05) is 23.9 Å². The van der Waals surface area contributed by atoms with E-state index in [0.29, 0.717) is 0 Å². The number of hydrogen-bond acceptors (Lipinski definition) is 4. The van der Waals surface area contributed by atoms with E-state index in [0.717, 1.165) is 24.3 Å². The predicted octanol–water partition coefficient (Wildman–Crippen LogP) is 2.87. The summed E-state index contributed by atoms with van der Waals surface area (Å²) in [6, 6.07) is 4.03. The molecule has 1 fully saturated rings. The summed E-state index contributed by atoms with van der Waals surface area (Å²) in [5, 5.41) is 13.6. The van der Waals surface area contributed by atoms with E-state index in [9.17, 15) is 14.9 Å². The monoisotopic (exact) mass is 300 g/mol. The zero-order valence-electron chi connectivity index (χ0n) is 10.1. The SMILES string of the molecule is O=C(NC1CCCSC1)c1ccc([N+](=O)[O-])cc1Cl. The summed E-state index contributed by atoms with van der Waals surface area (Å²) in [4.78, 5) is 22.1. The molecule has 0 bridgehead atoms. The van der Waals surface area contributed by atoms with Gasteiger partial charge in [-0.1, -0.05) is 11.6 Å². The van der Waals surface area contributed by atoms with Crippen molar-refractivity contribution in [3.05, 3.63) is 38.9 Å². The van der Waals surface area contributed by atoms with Crippen LogP contribution in [0.2, 0.25) is 5.02 Å². The summed E-state index contributed by atoms with van der Waals surface area (Å²) in [5.74, 6) is 1.76. The van der Waals surface area contributed by atoms with Gasteiger partial charge in [-0.15, -0.1) is 0 Å². The van der Waals surface area contributed by atoms with Crippen molar-refractivity contribution in [1.29, 1.82) is 0 Å². The molecule has 0 radical (unpaired) electrons. The summed E-state index contributed by atoms with van der Waals surface area (Å²) in [5.41, 5.74) is 0.164. The Balaban J connectivity index is 2.08. The molecule has 7 heteroatoms. The lowest BCUT2D eigenvalue weighted by molar-refractivity contribution is -0.384. The Morgan fingerprint density at radius 3 is 2.89 bits per heavy atom. The molecule has 0 saturated carbocycles. The third-order valence-corrected chi connectivity index (χ3v) is 4.43. The van der Waals surface area contributed by atoms with Crippen LogP contribution in [0.1, 0.15) is 23.2 Å². The summed E-state index contributed by atoms with van der Waals surface area (Å²) in [7, 11) is 0. The van der Waals surface area contributed by atoms with Crippen molar-refractivity contribution in [2.24, 2.45) is 0 Å². The average Bonchev–Trinajstić information content (AvgIpc) is 2.39. The number of benzene rings is 1. The lowest BCUT2D eigenvalue weighted by atomic mass is 10.1. The summed E-state index contributed by atoms with van der Waals surface area (Å²) in [6.07, 6.45) is 2.05. The molecular weight excluding hydrogens is 288 g/mol. The second-order valence-electron chi connectivity index (χ2n) is 4.31. The molecule has 102 valence electrons. The highest BCUT2D eigenvalue weighted by Gasteiger charge is 2.19. The number of nitrogens with one attached hydrogen (secondary N) is 1. The zero-order chi connectivity index (χ0) is 13.8. The van der Waals surface area contributed by atoms with Crippen LogP contribution in [0.25, 0.3) is 0 Å². The normalized spacial score (nSPS) is 18.9. The quantitative estimate of drug-likeness (QED) is 0.688. The number of nitro benzene ring substituents is 1. The van der Waals surface area contributed by atoms with Gasteiger partial charge in [0.2, 0.25) is 0 Å². The molecule has 1 heterocycles. The van der Waals surface area contributed by atoms with Gasteiger partial charge in [-0.25, -0.2) is 0 Å². The Morgan fingerprint density at radius 2 is 2.32 bits per heavy atom. The number of nitro groups is 1. The molecule has 1 aliphatic heterocycles. The predicted molar refractivity (Wildman–Crippen MR) is 75.9 cm³/mol. The Kier molecular flexibility index (Phi) is 4.66. The Hall–Kier alpha value is -1.27. The van der Waals surface area contributed by atoms with Gasteiger partial charge in [0.1, 0.15) is 0 Å². The first-order valence-corrected chi connectivity index (χ1v) is 7.44. The molecule has 1 aliphatic rings. The first-order valence-electron chi connectivity index (χ1n) is 5.90. The number of carbonyl (C=O) groups excluding carboxylic acids is 1. The summed E-state index contributed by atoms with van der Waals surface area (Å²) >= 11 is 7.73. The average molecular weight is 301 g/mol. The van der Waals surface area contributed by atoms with Gasteiger partial charge >= 0.3 is 0 Å². The minimum Gasteiger partial charge on any atom is -0.348 e. The lowest BCUT2D eigenvalue weighted by Gasteiger charge is -2.22. The summed E-state index contributed by atoms with van der Waals surface area (Å²) < 4.78 is 0. The van der Waals surface area contributed by atoms with Crippen molar-refractivity contribution in [2.75, 3.05) is 11.5 Å². The first kappa shape index (κ1) is 14.1. The highest BCUT2D eigenvalue weighted by Crippen LogP contribution is 2.23. The molecule has 1 N–H and O–H groups in total. The first-order chi connectivity index (χ1) is 9.08. The van der Waals surface area contributed by atoms with Crippen molar-refractivity contribution in [2.45, 2.75) is 18.9 Å². The minimum absolute atomic E-state index is 0.107. The molecule has 1 saturated heterocycles. The lowest BCUT2D eigenvalue weighted by Crippen LogP contribution is -2.38. The van der Waals surface area contributed by atoms with E-state index in [1.165, 1.54) is 18.2 Å². The van der Waals surface area contributed by atoms with Crippen LogP contribution in [-0.2, 0) is 0 Å². The number of amides is 1. The number of carbonyl (C=O) groups is 1.